The van der Waals surface area contributed by atoms with E-state index in [1.165, 1.54) is 13.1 Å². The summed E-state index contributed by atoms with van der Waals surface area (Å²) < 4.78 is 39.5. The van der Waals surface area contributed by atoms with Crippen molar-refractivity contribution in [3.05, 3.63) is 70.2 Å². The molecule has 1 saturated carbocycles. The van der Waals surface area contributed by atoms with Crippen molar-refractivity contribution in [1.82, 2.24) is 15.6 Å². The van der Waals surface area contributed by atoms with Gasteiger partial charge in [0.1, 0.15) is 12.6 Å². The van der Waals surface area contributed by atoms with Gasteiger partial charge in [0.25, 0.3) is 0 Å². The molecule has 0 aromatic heterocycles. The standard InChI is InChI=1S/C25H26ClF3N4O3/c1-15(17-8-10-20(26)11-9-17)32-33(22(35)12-16-6-7-16)14-21(34)31-23(24(36)30-2)18-4-3-5-19(13-18)25(27,28)29/h3-5,8-11,13,16,23H,6-7,12,14H2,1-2H3,(H,30,36)(H,31,34)/b32-15+. The highest BCUT2D eigenvalue weighted by molar-refractivity contribution is 6.30. The summed E-state index contributed by atoms with van der Waals surface area (Å²) in [5.74, 6) is -1.59. The van der Waals surface area contributed by atoms with Gasteiger partial charge in [0.05, 0.1) is 11.3 Å². The number of rotatable bonds is 9. The molecule has 3 amide bonds. The fourth-order valence-corrected chi connectivity index (χ4v) is 3.59. The second kappa shape index (κ2) is 11.6. The molecule has 0 radical (unpaired) electrons. The third-order valence-corrected chi connectivity index (χ3v) is 5.89. The molecule has 1 aliphatic carbocycles. The van der Waals surface area contributed by atoms with Gasteiger partial charge in [-0.2, -0.15) is 18.3 Å². The Hall–Kier alpha value is -3.40. The lowest BCUT2D eigenvalue weighted by Gasteiger charge is -2.22. The van der Waals surface area contributed by atoms with Crippen LogP contribution in [0.4, 0.5) is 13.2 Å². The molecule has 11 heteroatoms. The molecule has 36 heavy (non-hydrogen) atoms. The summed E-state index contributed by atoms with van der Waals surface area (Å²) in [6, 6.07) is 9.54. The predicted octanol–water partition coefficient (Wildman–Crippen LogP) is 4.32. The normalized spacial score (nSPS) is 14.7. The van der Waals surface area contributed by atoms with Gasteiger partial charge in [-0.25, -0.2) is 5.01 Å². The van der Waals surface area contributed by atoms with Crippen LogP contribution in [-0.4, -0.2) is 42.0 Å². The smallest absolute Gasteiger partial charge is 0.357 e. The van der Waals surface area contributed by atoms with Crippen LogP contribution in [0.2, 0.25) is 5.02 Å². The summed E-state index contributed by atoms with van der Waals surface area (Å²) in [5.41, 5.74) is 0.155. The maximum absolute atomic E-state index is 13.2. The van der Waals surface area contributed by atoms with E-state index in [1.807, 2.05) is 0 Å². The minimum absolute atomic E-state index is 0.0470. The van der Waals surface area contributed by atoms with E-state index in [2.05, 4.69) is 15.7 Å². The van der Waals surface area contributed by atoms with E-state index < -0.39 is 36.1 Å². The van der Waals surface area contributed by atoms with Crippen molar-refractivity contribution >= 4 is 35.0 Å². The van der Waals surface area contributed by atoms with E-state index in [0.29, 0.717) is 16.3 Å². The number of halogens is 4. The number of benzene rings is 2. The molecule has 1 fully saturated rings. The molecule has 2 aromatic rings. The fourth-order valence-electron chi connectivity index (χ4n) is 3.47. The number of carbonyl (C=O) groups is 3. The highest BCUT2D eigenvalue weighted by Crippen LogP contribution is 2.33. The monoisotopic (exact) mass is 522 g/mol. The maximum atomic E-state index is 13.2. The van der Waals surface area contributed by atoms with Gasteiger partial charge in [0, 0.05) is 18.5 Å². The summed E-state index contributed by atoms with van der Waals surface area (Å²) >= 11 is 5.92. The highest BCUT2D eigenvalue weighted by Gasteiger charge is 2.33. The Bertz CT molecular complexity index is 1150. The SMILES string of the molecule is CNC(=O)C(NC(=O)CN(/N=C(\C)c1ccc(Cl)cc1)C(=O)CC1CC1)c1cccc(C(F)(F)F)c1. The lowest BCUT2D eigenvalue weighted by atomic mass is 10.0. The molecule has 192 valence electrons. The number of hydrogen-bond acceptors (Lipinski definition) is 4. The molecule has 2 aromatic carbocycles. The van der Waals surface area contributed by atoms with Crippen molar-refractivity contribution in [2.24, 2.45) is 11.0 Å². The van der Waals surface area contributed by atoms with Crippen LogP contribution in [0.5, 0.6) is 0 Å². The zero-order valence-corrected chi connectivity index (χ0v) is 20.5. The number of hydrogen-bond donors (Lipinski definition) is 2. The maximum Gasteiger partial charge on any atom is 0.416 e. The average Bonchev–Trinajstić information content (AvgIpc) is 3.65. The minimum atomic E-state index is -4.62. The molecule has 0 heterocycles. The van der Waals surface area contributed by atoms with E-state index in [4.69, 9.17) is 11.6 Å². The van der Waals surface area contributed by atoms with Crippen LogP contribution in [0.25, 0.3) is 0 Å². The molecule has 0 spiro atoms. The van der Waals surface area contributed by atoms with Crippen LogP contribution in [0.1, 0.15) is 48.9 Å². The number of nitrogens with zero attached hydrogens (tertiary/aromatic N) is 2. The zero-order chi connectivity index (χ0) is 26.5. The van der Waals surface area contributed by atoms with Crippen molar-refractivity contribution in [2.45, 2.75) is 38.4 Å². The number of alkyl halides is 3. The minimum Gasteiger partial charge on any atom is -0.357 e. The molecular weight excluding hydrogens is 497 g/mol. The molecule has 0 bridgehead atoms. The molecule has 0 aliphatic heterocycles. The van der Waals surface area contributed by atoms with Gasteiger partial charge in [0.2, 0.25) is 17.7 Å². The van der Waals surface area contributed by atoms with E-state index in [-0.39, 0.29) is 23.8 Å². The Morgan fingerprint density at radius 1 is 1.14 bits per heavy atom. The first-order valence-corrected chi connectivity index (χ1v) is 11.7. The summed E-state index contributed by atoms with van der Waals surface area (Å²) in [4.78, 5) is 38.2. The van der Waals surface area contributed by atoms with Crippen LogP contribution in [0, 0.1) is 5.92 Å². The first-order chi connectivity index (χ1) is 17.0. The van der Waals surface area contributed by atoms with Crippen LogP contribution in [0.3, 0.4) is 0 Å². The van der Waals surface area contributed by atoms with Gasteiger partial charge in [-0.15, -0.1) is 0 Å². The van der Waals surface area contributed by atoms with E-state index >= 15 is 0 Å². The van der Waals surface area contributed by atoms with Crippen molar-refractivity contribution in [3.8, 4) is 0 Å². The molecule has 1 unspecified atom stereocenters. The third-order valence-electron chi connectivity index (χ3n) is 5.64. The Morgan fingerprint density at radius 3 is 2.39 bits per heavy atom. The van der Waals surface area contributed by atoms with Crippen LogP contribution in [0.15, 0.2) is 53.6 Å². The van der Waals surface area contributed by atoms with Crippen molar-refractivity contribution < 1.29 is 27.6 Å². The summed E-state index contributed by atoms with van der Waals surface area (Å²) in [6.45, 7) is 1.16. The zero-order valence-electron chi connectivity index (χ0n) is 19.7. The molecule has 7 nitrogen and oxygen atoms in total. The Morgan fingerprint density at radius 2 is 1.81 bits per heavy atom. The first kappa shape index (κ1) is 27.2. The largest absolute Gasteiger partial charge is 0.416 e. The molecular formula is C25H26ClF3N4O3. The van der Waals surface area contributed by atoms with E-state index in [9.17, 15) is 27.6 Å². The molecule has 2 N–H and O–H groups in total. The number of amides is 3. The quantitative estimate of drug-likeness (QED) is 0.380. The van der Waals surface area contributed by atoms with Crippen molar-refractivity contribution in [3.63, 3.8) is 0 Å². The van der Waals surface area contributed by atoms with Crippen molar-refractivity contribution in [2.75, 3.05) is 13.6 Å². The van der Waals surface area contributed by atoms with E-state index in [0.717, 1.165) is 36.0 Å². The van der Waals surface area contributed by atoms with Gasteiger partial charge in [0.15, 0.2) is 0 Å². The van der Waals surface area contributed by atoms with Gasteiger partial charge >= 0.3 is 6.18 Å². The van der Waals surface area contributed by atoms with Crippen LogP contribution in [-0.2, 0) is 20.6 Å². The number of likely N-dealkylation sites (N-methyl/N-ethyl adjacent to an activating group) is 1. The Balaban J connectivity index is 1.82. The van der Waals surface area contributed by atoms with Crippen LogP contribution < -0.4 is 10.6 Å². The Kier molecular flexibility index (Phi) is 8.73. The second-order valence-electron chi connectivity index (χ2n) is 8.53. The summed E-state index contributed by atoms with van der Waals surface area (Å²) in [5, 5.41) is 10.7. The van der Waals surface area contributed by atoms with Crippen LogP contribution >= 0.6 is 11.6 Å². The third kappa shape index (κ3) is 7.55. The molecule has 3 rings (SSSR count). The van der Waals surface area contributed by atoms with Gasteiger partial charge in [-0.05, 0) is 61.1 Å². The van der Waals surface area contributed by atoms with Gasteiger partial charge in [-0.1, -0.05) is 35.9 Å². The lowest BCUT2D eigenvalue weighted by Crippen LogP contribution is -2.44. The number of nitrogens with one attached hydrogen (secondary N) is 2. The molecule has 0 saturated heterocycles. The second-order valence-corrected chi connectivity index (χ2v) is 8.97. The van der Waals surface area contributed by atoms with E-state index in [1.54, 1.807) is 31.2 Å². The summed E-state index contributed by atoms with van der Waals surface area (Å²) in [7, 11) is 1.31. The first-order valence-electron chi connectivity index (χ1n) is 11.3. The predicted molar refractivity (Wildman–Crippen MR) is 129 cm³/mol. The fraction of sp³-hybridized carbons (Fsp3) is 0.360. The van der Waals surface area contributed by atoms with Crippen molar-refractivity contribution in [1.29, 1.82) is 0 Å². The average molecular weight is 523 g/mol. The molecule has 1 aliphatic rings. The van der Waals surface area contributed by atoms with Gasteiger partial charge in [-0.3, -0.25) is 14.4 Å². The highest BCUT2D eigenvalue weighted by atomic mass is 35.5. The molecule has 1 atom stereocenters. The number of carbonyl (C=O) groups excluding carboxylic acids is 3. The Labute approximate surface area is 211 Å². The topological polar surface area (TPSA) is 90.9 Å². The summed E-state index contributed by atoms with van der Waals surface area (Å²) in [6.07, 6.45) is -2.57. The van der Waals surface area contributed by atoms with Gasteiger partial charge < -0.3 is 10.6 Å². The number of hydrazone groups is 1. The lowest BCUT2D eigenvalue weighted by molar-refractivity contribution is -0.138.